The number of hydrogen-bond donors (Lipinski definition) is 2. The Kier molecular flexibility index (Phi) is 7.66. The summed E-state index contributed by atoms with van der Waals surface area (Å²) < 4.78 is 53.0. The molecule has 0 aromatic heterocycles. The van der Waals surface area contributed by atoms with Crippen molar-refractivity contribution in [3.63, 3.8) is 0 Å². The van der Waals surface area contributed by atoms with E-state index in [-0.39, 0.29) is 12.3 Å². The highest BCUT2D eigenvalue weighted by molar-refractivity contribution is 7.99. The van der Waals surface area contributed by atoms with Crippen LogP contribution in [-0.2, 0) is 10.0 Å². The van der Waals surface area contributed by atoms with E-state index in [4.69, 9.17) is 0 Å². The predicted molar refractivity (Wildman–Crippen MR) is 102 cm³/mol. The van der Waals surface area contributed by atoms with Crippen molar-refractivity contribution in [1.29, 1.82) is 0 Å². The van der Waals surface area contributed by atoms with Crippen molar-refractivity contribution in [3.8, 4) is 0 Å². The van der Waals surface area contributed by atoms with E-state index in [1.165, 1.54) is 16.4 Å². The molecule has 2 N–H and O–H groups in total. The standard InChI is InChI=1S/C16H24F2N4O2S2/c1-12(14-4-3-13(17)11-15(14)18)21-16(19-2)20-5-10-26(23,24)22-6-8-25-9-7-22/h3-4,11-12H,5-10H2,1-2H3,(H2,19,20,21). The van der Waals surface area contributed by atoms with Crippen LogP contribution in [0.4, 0.5) is 8.78 Å². The molecule has 1 aliphatic rings. The Hall–Kier alpha value is -1.39. The van der Waals surface area contributed by atoms with Crippen molar-refractivity contribution >= 4 is 27.7 Å². The lowest BCUT2D eigenvalue weighted by Crippen LogP contribution is -2.44. The Morgan fingerprint density at radius 3 is 2.65 bits per heavy atom. The van der Waals surface area contributed by atoms with Gasteiger partial charge in [0.05, 0.1) is 11.8 Å². The first-order valence-electron chi connectivity index (χ1n) is 8.31. The van der Waals surface area contributed by atoms with Crippen molar-refractivity contribution in [2.75, 3.05) is 43.9 Å². The van der Waals surface area contributed by atoms with Crippen LogP contribution in [0.2, 0.25) is 0 Å². The molecule has 26 heavy (non-hydrogen) atoms. The van der Waals surface area contributed by atoms with Crippen molar-refractivity contribution in [2.24, 2.45) is 4.99 Å². The molecule has 2 rings (SSSR count). The maximum absolute atomic E-state index is 13.8. The van der Waals surface area contributed by atoms with Gasteiger partial charge >= 0.3 is 0 Å². The molecule has 1 aromatic carbocycles. The van der Waals surface area contributed by atoms with Gasteiger partial charge in [0, 0.05) is 49.8 Å². The molecule has 0 saturated carbocycles. The molecule has 10 heteroatoms. The Morgan fingerprint density at radius 1 is 1.35 bits per heavy atom. The van der Waals surface area contributed by atoms with Gasteiger partial charge in [-0.15, -0.1) is 0 Å². The lowest BCUT2D eigenvalue weighted by molar-refractivity contribution is 0.443. The third-order valence-electron chi connectivity index (χ3n) is 4.02. The minimum absolute atomic E-state index is 0.0440. The number of thioether (sulfide) groups is 1. The second-order valence-electron chi connectivity index (χ2n) is 5.86. The SMILES string of the molecule is CN=C(NCCS(=O)(=O)N1CCSCC1)NC(C)c1ccc(F)cc1F. The molecule has 6 nitrogen and oxygen atoms in total. The number of benzene rings is 1. The highest BCUT2D eigenvalue weighted by Gasteiger charge is 2.23. The smallest absolute Gasteiger partial charge is 0.215 e. The zero-order valence-electron chi connectivity index (χ0n) is 14.8. The van der Waals surface area contributed by atoms with E-state index in [1.807, 2.05) is 0 Å². The number of rotatable bonds is 6. The second-order valence-corrected chi connectivity index (χ2v) is 9.17. The number of aliphatic imine (C=N–C) groups is 1. The summed E-state index contributed by atoms with van der Waals surface area (Å²) in [4.78, 5) is 4.02. The predicted octanol–water partition coefficient (Wildman–Crippen LogP) is 1.57. The Bertz CT molecular complexity index is 738. The Balaban J connectivity index is 1.87. The molecule has 1 heterocycles. The first-order chi connectivity index (χ1) is 12.3. The average Bonchev–Trinajstić information content (AvgIpc) is 2.61. The van der Waals surface area contributed by atoms with Gasteiger partial charge in [-0.1, -0.05) is 6.07 Å². The Morgan fingerprint density at radius 2 is 2.04 bits per heavy atom. The van der Waals surface area contributed by atoms with Gasteiger partial charge in [-0.25, -0.2) is 21.5 Å². The van der Waals surface area contributed by atoms with E-state index >= 15 is 0 Å². The molecule has 1 saturated heterocycles. The zero-order chi connectivity index (χ0) is 19.2. The number of guanidine groups is 1. The third kappa shape index (κ3) is 5.82. The van der Waals surface area contributed by atoms with Crippen molar-refractivity contribution in [1.82, 2.24) is 14.9 Å². The van der Waals surface area contributed by atoms with Gasteiger partial charge in [0.2, 0.25) is 10.0 Å². The molecular formula is C16H24F2N4O2S2. The van der Waals surface area contributed by atoms with Crippen LogP contribution in [0.3, 0.4) is 0 Å². The quantitative estimate of drug-likeness (QED) is 0.554. The third-order valence-corrected chi connectivity index (χ3v) is 6.84. The monoisotopic (exact) mass is 406 g/mol. The van der Waals surface area contributed by atoms with Crippen LogP contribution in [0, 0.1) is 11.6 Å². The van der Waals surface area contributed by atoms with E-state index in [1.54, 1.807) is 25.7 Å². The highest BCUT2D eigenvalue weighted by Crippen LogP contribution is 2.17. The normalized spacial score (nSPS) is 17.8. The molecule has 0 bridgehead atoms. The van der Waals surface area contributed by atoms with Crippen molar-refractivity contribution in [2.45, 2.75) is 13.0 Å². The maximum atomic E-state index is 13.8. The largest absolute Gasteiger partial charge is 0.355 e. The molecule has 1 unspecified atom stereocenters. The first kappa shape index (κ1) is 20.9. The van der Waals surface area contributed by atoms with E-state index in [0.717, 1.165) is 17.6 Å². The lowest BCUT2D eigenvalue weighted by Gasteiger charge is -2.26. The molecule has 1 aliphatic heterocycles. The van der Waals surface area contributed by atoms with Crippen LogP contribution in [-0.4, -0.2) is 62.6 Å². The molecular weight excluding hydrogens is 382 g/mol. The maximum Gasteiger partial charge on any atom is 0.215 e. The fraction of sp³-hybridized carbons (Fsp3) is 0.562. The summed E-state index contributed by atoms with van der Waals surface area (Å²) in [5, 5.41) is 5.90. The average molecular weight is 407 g/mol. The van der Waals surface area contributed by atoms with Crippen LogP contribution < -0.4 is 10.6 Å². The minimum Gasteiger partial charge on any atom is -0.355 e. The van der Waals surface area contributed by atoms with Gasteiger partial charge in [-0.05, 0) is 13.0 Å². The summed E-state index contributed by atoms with van der Waals surface area (Å²) in [5.41, 5.74) is 0.299. The second kappa shape index (κ2) is 9.52. The minimum atomic E-state index is -3.31. The van der Waals surface area contributed by atoms with E-state index in [9.17, 15) is 17.2 Å². The number of halogens is 2. The van der Waals surface area contributed by atoms with E-state index in [2.05, 4.69) is 15.6 Å². The van der Waals surface area contributed by atoms with Crippen LogP contribution in [0.5, 0.6) is 0 Å². The van der Waals surface area contributed by atoms with Crippen LogP contribution in [0.15, 0.2) is 23.2 Å². The van der Waals surface area contributed by atoms with Crippen molar-refractivity contribution in [3.05, 3.63) is 35.4 Å². The van der Waals surface area contributed by atoms with E-state index < -0.39 is 27.7 Å². The highest BCUT2D eigenvalue weighted by atomic mass is 32.2. The van der Waals surface area contributed by atoms with Crippen molar-refractivity contribution < 1.29 is 17.2 Å². The van der Waals surface area contributed by atoms with Gasteiger partial charge in [-0.3, -0.25) is 4.99 Å². The number of nitrogens with one attached hydrogen (secondary N) is 2. The fourth-order valence-corrected chi connectivity index (χ4v) is 5.07. The molecule has 1 aromatic rings. The van der Waals surface area contributed by atoms with Gasteiger partial charge in [0.25, 0.3) is 0 Å². The summed E-state index contributed by atoms with van der Waals surface area (Å²) in [6, 6.07) is 2.93. The summed E-state index contributed by atoms with van der Waals surface area (Å²) >= 11 is 1.75. The number of hydrogen-bond acceptors (Lipinski definition) is 4. The van der Waals surface area contributed by atoms with E-state index in [0.29, 0.717) is 24.6 Å². The lowest BCUT2D eigenvalue weighted by atomic mass is 10.1. The van der Waals surface area contributed by atoms with Gasteiger partial charge in [0.1, 0.15) is 11.6 Å². The molecule has 0 radical (unpaired) electrons. The van der Waals surface area contributed by atoms with Crippen LogP contribution in [0.1, 0.15) is 18.5 Å². The summed E-state index contributed by atoms with van der Waals surface area (Å²) in [7, 11) is -1.77. The first-order valence-corrected chi connectivity index (χ1v) is 11.1. The molecule has 146 valence electrons. The molecule has 1 atom stereocenters. The molecule has 0 aliphatic carbocycles. The van der Waals surface area contributed by atoms with Gasteiger partial charge < -0.3 is 10.6 Å². The fourth-order valence-electron chi connectivity index (χ4n) is 2.58. The summed E-state index contributed by atoms with van der Waals surface area (Å²) in [5.74, 6) is 0.657. The number of nitrogens with zero attached hydrogens (tertiary/aromatic N) is 2. The molecule has 1 fully saturated rings. The summed E-state index contributed by atoms with van der Waals surface area (Å²) in [6.45, 7) is 2.98. The summed E-state index contributed by atoms with van der Waals surface area (Å²) in [6.07, 6.45) is 0. The molecule has 0 spiro atoms. The van der Waals surface area contributed by atoms with Gasteiger partial charge in [0.15, 0.2) is 5.96 Å². The zero-order valence-corrected chi connectivity index (χ0v) is 16.5. The van der Waals surface area contributed by atoms with Crippen LogP contribution in [0.25, 0.3) is 0 Å². The van der Waals surface area contributed by atoms with Crippen LogP contribution >= 0.6 is 11.8 Å². The number of sulfonamides is 1. The molecule has 0 amide bonds. The Labute approximate surface area is 157 Å². The van der Waals surface area contributed by atoms with Gasteiger partial charge in [-0.2, -0.15) is 11.8 Å². The topological polar surface area (TPSA) is 73.8 Å².